The van der Waals surface area contributed by atoms with E-state index in [1.54, 1.807) is 0 Å². The smallest absolute Gasteiger partial charge is 0.315 e. The Hall–Kier alpha value is -0.710. The molecule has 1 rings (SSSR count). The van der Waals surface area contributed by atoms with Crippen LogP contribution in [0, 0.1) is 0 Å². The van der Waals surface area contributed by atoms with Crippen LogP contribution >= 0.6 is 0 Å². The largest absolute Gasteiger partial charge is 0.378 e. The van der Waals surface area contributed by atoms with E-state index < -0.39 is 12.3 Å². The van der Waals surface area contributed by atoms with Crippen LogP contribution in [0.25, 0.3) is 0 Å². The number of alkyl halides is 2. The molecule has 0 aromatic rings. The second-order valence-corrected chi connectivity index (χ2v) is 3.21. The molecule has 2 atom stereocenters. The summed E-state index contributed by atoms with van der Waals surface area (Å²) in [4.78, 5) is 10.6. The molecule has 13 heavy (non-hydrogen) atoms. The average Bonchev–Trinajstić information content (AvgIpc) is 2.04. The van der Waals surface area contributed by atoms with Gasteiger partial charge in [-0.2, -0.15) is 8.78 Å². The Labute approximate surface area is 75.4 Å². The van der Waals surface area contributed by atoms with Gasteiger partial charge in [0.25, 0.3) is 5.91 Å². The van der Waals surface area contributed by atoms with E-state index in [4.69, 9.17) is 4.74 Å². The number of hydrogen-bond acceptors (Lipinski definition) is 2. The summed E-state index contributed by atoms with van der Waals surface area (Å²) in [5.74, 6) is -1.18. The maximum atomic E-state index is 11.8. The van der Waals surface area contributed by atoms with Gasteiger partial charge in [-0.3, -0.25) is 4.79 Å². The van der Waals surface area contributed by atoms with Gasteiger partial charge in [-0.25, -0.2) is 0 Å². The van der Waals surface area contributed by atoms with E-state index in [1.807, 2.05) is 6.92 Å². The Morgan fingerprint density at radius 3 is 2.85 bits per heavy atom. The Morgan fingerprint density at radius 2 is 2.31 bits per heavy atom. The van der Waals surface area contributed by atoms with Gasteiger partial charge in [0.15, 0.2) is 0 Å². The molecule has 0 aromatic heterocycles. The highest BCUT2D eigenvalue weighted by Gasteiger charge is 2.24. The summed E-state index contributed by atoms with van der Waals surface area (Å²) in [5, 5.41) is 2.28. The minimum atomic E-state index is -2.92. The molecule has 1 heterocycles. The molecule has 76 valence electrons. The van der Waals surface area contributed by atoms with Gasteiger partial charge in [0.1, 0.15) is 0 Å². The third kappa shape index (κ3) is 3.26. The molecule has 1 fully saturated rings. The Bertz CT molecular complexity index is 187. The number of carbonyl (C=O) groups is 1. The normalized spacial score (nSPS) is 28.9. The van der Waals surface area contributed by atoms with Crippen molar-refractivity contribution in [3.63, 3.8) is 0 Å². The van der Waals surface area contributed by atoms with Crippen molar-refractivity contribution in [3.8, 4) is 0 Å². The minimum Gasteiger partial charge on any atom is -0.378 e. The van der Waals surface area contributed by atoms with Crippen LogP contribution in [0.1, 0.15) is 19.8 Å². The zero-order valence-corrected chi connectivity index (χ0v) is 7.43. The number of carbonyl (C=O) groups excluding carboxylic acids is 1. The zero-order chi connectivity index (χ0) is 9.84. The number of nitrogens with one attached hydrogen (secondary N) is 1. The van der Waals surface area contributed by atoms with Crippen molar-refractivity contribution in [2.75, 3.05) is 6.61 Å². The molecule has 1 amide bonds. The number of rotatable bonds is 2. The maximum absolute atomic E-state index is 11.8. The summed E-state index contributed by atoms with van der Waals surface area (Å²) in [6, 6.07) is -0.162. The number of halogens is 2. The predicted octanol–water partition coefficient (Wildman–Crippen LogP) is 0.935. The summed E-state index contributed by atoms with van der Waals surface area (Å²) in [6.07, 6.45) is -1.66. The second kappa shape index (κ2) is 4.50. The van der Waals surface area contributed by atoms with Gasteiger partial charge < -0.3 is 10.1 Å². The van der Waals surface area contributed by atoms with Gasteiger partial charge in [-0.1, -0.05) is 0 Å². The number of hydrogen-bond donors (Lipinski definition) is 1. The predicted molar refractivity (Wildman–Crippen MR) is 42.6 cm³/mol. The third-order valence-corrected chi connectivity index (χ3v) is 2.03. The van der Waals surface area contributed by atoms with E-state index in [0.29, 0.717) is 19.4 Å². The molecular formula is C8H13F2NO2. The van der Waals surface area contributed by atoms with Crippen LogP contribution in [0.5, 0.6) is 0 Å². The lowest BCUT2D eigenvalue weighted by Crippen LogP contribution is -2.43. The first-order valence-corrected chi connectivity index (χ1v) is 4.29. The standard InChI is InChI=1S/C8H13F2NO2/c1-5-4-6(2-3-13-5)11-8(12)7(9)10/h5-7H,2-4H2,1H3,(H,11,12). The molecule has 5 heteroatoms. The fourth-order valence-electron chi connectivity index (χ4n) is 1.39. The zero-order valence-electron chi connectivity index (χ0n) is 7.43. The fraction of sp³-hybridized carbons (Fsp3) is 0.875. The summed E-state index contributed by atoms with van der Waals surface area (Å²) >= 11 is 0. The van der Waals surface area contributed by atoms with Gasteiger partial charge in [-0.15, -0.1) is 0 Å². The molecule has 0 bridgehead atoms. The van der Waals surface area contributed by atoms with E-state index in [2.05, 4.69) is 5.32 Å². The van der Waals surface area contributed by atoms with Crippen LogP contribution in [-0.2, 0) is 9.53 Å². The van der Waals surface area contributed by atoms with Crippen LogP contribution in [0.3, 0.4) is 0 Å². The minimum absolute atomic E-state index is 0.0386. The molecule has 0 radical (unpaired) electrons. The van der Waals surface area contributed by atoms with Gasteiger partial charge in [0, 0.05) is 12.6 Å². The molecule has 0 saturated carbocycles. The lowest BCUT2D eigenvalue weighted by atomic mass is 10.0. The highest BCUT2D eigenvalue weighted by Crippen LogP contribution is 2.13. The quantitative estimate of drug-likeness (QED) is 0.708. The van der Waals surface area contributed by atoms with E-state index >= 15 is 0 Å². The second-order valence-electron chi connectivity index (χ2n) is 3.21. The third-order valence-electron chi connectivity index (χ3n) is 2.03. The highest BCUT2D eigenvalue weighted by molar-refractivity contribution is 5.79. The van der Waals surface area contributed by atoms with Gasteiger partial charge >= 0.3 is 6.43 Å². The molecule has 0 aliphatic carbocycles. The number of ether oxygens (including phenoxy) is 1. The van der Waals surface area contributed by atoms with Crippen LogP contribution in [-0.4, -0.2) is 31.1 Å². The van der Waals surface area contributed by atoms with Gasteiger partial charge in [-0.05, 0) is 19.8 Å². The first kappa shape index (κ1) is 10.4. The van der Waals surface area contributed by atoms with Crippen LogP contribution in [0.2, 0.25) is 0 Å². The Balaban J connectivity index is 2.31. The summed E-state index contributed by atoms with van der Waals surface area (Å²) in [6.45, 7) is 2.38. The fourth-order valence-corrected chi connectivity index (χ4v) is 1.39. The molecule has 0 aromatic carbocycles. The van der Waals surface area contributed by atoms with Crippen molar-refractivity contribution >= 4 is 5.91 Å². The van der Waals surface area contributed by atoms with Crippen molar-refractivity contribution < 1.29 is 18.3 Å². The van der Waals surface area contributed by atoms with Crippen LogP contribution in [0.15, 0.2) is 0 Å². The molecule has 1 saturated heterocycles. The Morgan fingerprint density at radius 1 is 1.62 bits per heavy atom. The highest BCUT2D eigenvalue weighted by atomic mass is 19.3. The van der Waals surface area contributed by atoms with E-state index in [1.165, 1.54) is 0 Å². The average molecular weight is 193 g/mol. The molecule has 0 spiro atoms. The summed E-state index contributed by atoms with van der Waals surface area (Å²) < 4.78 is 28.9. The molecular weight excluding hydrogens is 180 g/mol. The van der Waals surface area contributed by atoms with Gasteiger partial charge in [0.05, 0.1) is 6.10 Å². The van der Waals surface area contributed by atoms with E-state index in [-0.39, 0.29) is 12.1 Å². The molecule has 1 N–H and O–H groups in total. The summed E-state index contributed by atoms with van der Waals surface area (Å²) in [7, 11) is 0. The van der Waals surface area contributed by atoms with Gasteiger partial charge in [0.2, 0.25) is 0 Å². The van der Waals surface area contributed by atoms with Crippen molar-refractivity contribution in [1.29, 1.82) is 0 Å². The number of amides is 1. The molecule has 2 unspecified atom stereocenters. The van der Waals surface area contributed by atoms with Crippen molar-refractivity contribution in [3.05, 3.63) is 0 Å². The Kier molecular flexibility index (Phi) is 3.59. The van der Waals surface area contributed by atoms with Crippen LogP contribution in [0.4, 0.5) is 8.78 Å². The summed E-state index contributed by atoms with van der Waals surface area (Å²) in [5.41, 5.74) is 0. The SMILES string of the molecule is CC1CC(NC(=O)C(F)F)CCO1. The van der Waals surface area contributed by atoms with Crippen molar-refractivity contribution in [1.82, 2.24) is 5.32 Å². The van der Waals surface area contributed by atoms with E-state index in [0.717, 1.165) is 0 Å². The van der Waals surface area contributed by atoms with E-state index in [9.17, 15) is 13.6 Å². The molecule has 1 aliphatic heterocycles. The van der Waals surface area contributed by atoms with Crippen molar-refractivity contribution in [2.45, 2.75) is 38.3 Å². The monoisotopic (exact) mass is 193 g/mol. The topological polar surface area (TPSA) is 38.3 Å². The lowest BCUT2D eigenvalue weighted by molar-refractivity contribution is -0.133. The van der Waals surface area contributed by atoms with Crippen molar-refractivity contribution in [2.24, 2.45) is 0 Å². The van der Waals surface area contributed by atoms with Crippen LogP contribution < -0.4 is 5.32 Å². The molecule has 1 aliphatic rings. The lowest BCUT2D eigenvalue weighted by Gasteiger charge is -2.27. The first-order valence-electron chi connectivity index (χ1n) is 4.29. The molecule has 3 nitrogen and oxygen atoms in total. The maximum Gasteiger partial charge on any atom is 0.315 e. The first-order chi connectivity index (χ1) is 6.09.